The monoisotopic (exact) mass is 499 g/mol. The van der Waals surface area contributed by atoms with Crippen molar-refractivity contribution in [2.24, 2.45) is 0 Å². The molecule has 5 rings (SSSR count). The molecule has 1 aliphatic carbocycles. The first-order chi connectivity index (χ1) is 16.5. The molecule has 1 saturated carbocycles. The number of benzene rings is 2. The minimum atomic E-state index is -3.56. The van der Waals surface area contributed by atoms with E-state index in [-0.39, 0.29) is 16.6 Å². The number of nitrogens with one attached hydrogen (secondary N) is 1. The molecule has 3 aromatic rings. The summed E-state index contributed by atoms with van der Waals surface area (Å²) in [6.07, 6.45) is 2.21. The summed E-state index contributed by atoms with van der Waals surface area (Å²) in [6, 6.07) is 16.1. The van der Waals surface area contributed by atoms with E-state index in [1.807, 2.05) is 35.0 Å². The van der Waals surface area contributed by atoms with Crippen molar-refractivity contribution in [3.05, 3.63) is 60.4 Å². The van der Waals surface area contributed by atoms with Crippen LogP contribution in [0.4, 0.5) is 5.69 Å². The van der Waals surface area contributed by atoms with Crippen molar-refractivity contribution < 1.29 is 17.9 Å². The second-order valence-corrected chi connectivity index (χ2v) is 11.0. The predicted octanol–water partition coefficient (Wildman–Crippen LogP) is 2.90. The van der Waals surface area contributed by atoms with Crippen LogP contribution in [0.15, 0.2) is 64.6 Å². The van der Waals surface area contributed by atoms with Crippen LogP contribution in [-0.4, -0.2) is 65.5 Å². The van der Waals surface area contributed by atoms with E-state index in [1.165, 1.54) is 28.2 Å². The van der Waals surface area contributed by atoms with Crippen molar-refractivity contribution in [2.45, 2.75) is 28.8 Å². The molecule has 1 amide bonds. The van der Waals surface area contributed by atoms with E-state index in [2.05, 4.69) is 15.4 Å². The van der Waals surface area contributed by atoms with Crippen LogP contribution in [-0.2, 0) is 19.6 Å². The quantitative estimate of drug-likeness (QED) is 0.475. The normalized spacial score (nSPS) is 16.9. The number of hydrogen-bond acceptors (Lipinski definition) is 7. The zero-order valence-corrected chi connectivity index (χ0v) is 20.1. The van der Waals surface area contributed by atoms with Crippen molar-refractivity contribution >= 4 is 33.4 Å². The molecule has 34 heavy (non-hydrogen) atoms. The molecule has 1 saturated heterocycles. The third-order valence-corrected chi connectivity index (χ3v) is 8.38. The zero-order valence-electron chi connectivity index (χ0n) is 18.5. The van der Waals surface area contributed by atoms with Gasteiger partial charge in [-0.15, -0.1) is 5.10 Å². The first-order valence-corrected chi connectivity index (χ1v) is 13.6. The van der Waals surface area contributed by atoms with E-state index in [9.17, 15) is 13.2 Å². The SMILES string of the molecule is O=C(CSc1nc(C2CC2)n(-c2ccccc2)n1)Nc1ccc(S(=O)(=O)N2CCOCC2)cc1. The summed E-state index contributed by atoms with van der Waals surface area (Å²) in [7, 11) is -3.56. The molecule has 11 heteroatoms. The van der Waals surface area contributed by atoms with Gasteiger partial charge in [0.25, 0.3) is 0 Å². The van der Waals surface area contributed by atoms with Gasteiger partial charge < -0.3 is 10.1 Å². The molecule has 2 heterocycles. The minimum Gasteiger partial charge on any atom is -0.379 e. The molecule has 178 valence electrons. The molecule has 0 spiro atoms. The van der Waals surface area contributed by atoms with Gasteiger partial charge in [0.1, 0.15) is 5.82 Å². The Balaban J connectivity index is 1.20. The van der Waals surface area contributed by atoms with Crippen LogP contribution in [0.1, 0.15) is 24.6 Å². The van der Waals surface area contributed by atoms with E-state index in [4.69, 9.17) is 4.74 Å². The van der Waals surface area contributed by atoms with Crippen LogP contribution < -0.4 is 5.32 Å². The van der Waals surface area contributed by atoms with Gasteiger partial charge in [-0.25, -0.2) is 18.1 Å². The highest BCUT2D eigenvalue weighted by molar-refractivity contribution is 7.99. The number of para-hydroxylation sites is 1. The molecule has 1 aliphatic heterocycles. The topological polar surface area (TPSA) is 106 Å². The molecule has 0 radical (unpaired) electrons. The maximum absolute atomic E-state index is 12.7. The maximum Gasteiger partial charge on any atom is 0.243 e. The highest BCUT2D eigenvalue weighted by Crippen LogP contribution is 2.40. The van der Waals surface area contributed by atoms with E-state index in [0.717, 1.165) is 24.4 Å². The molecule has 0 unspecified atom stereocenters. The fourth-order valence-corrected chi connectivity index (χ4v) is 5.74. The lowest BCUT2D eigenvalue weighted by Crippen LogP contribution is -2.40. The largest absolute Gasteiger partial charge is 0.379 e. The fraction of sp³-hybridized carbons (Fsp3) is 0.348. The Morgan fingerprint density at radius 3 is 2.44 bits per heavy atom. The summed E-state index contributed by atoms with van der Waals surface area (Å²) < 4.78 is 34.0. The summed E-state index contributed by atoms with van der Waals surface area (Å²) in [6.45, 7) is 1.47. The second-order valence-electron chi connectivity index (χ2n) is 8.15. The first kappa shape index (κ1) is 23.0. The molecule has 1 aromatic heterocycles. The standard InChI is InChI=1S/C23H25N5O4S2/c29-21(24-18-8-10-20(11-9-18)34(30,31)27-12-14-32-15-13-27)16-33-23-25-22(17-6-7-17)28(26-23)19-4-2-1-3-5-19/h1-5,8-11,17H,6-7,12-16H2,(H,24,29). The summed E-state index contributed by atoms with van der Waals surface area (Å²) >= 11 is 1.28. The molecule has 0 bridgehead atoms. The molecular weight excluding hydrogens is 474 g/mol. The van der Waals surface area contributed by atoms with Gasteiger partial charge in [-0.2, -0.15) is 4.31 Å². The summed E-state index contributed by atoms with van der Waals surface area (Å²) in [4.78, 5) is 17.4. The second kappa shape index (κ2) is 9.87. The van der Waals surface area contributed by atoms with E-state index < -0.39 is 10.0 Å². The van der Waals surface area contributed by atoms with Crippen LogP contribution in [0.2, 0.25) is 0 Å². The predicted molar refractivity (Wildman–Crippen MR) is 129 cm³/mol. The molecule has 2 aromatic carbocycles. The third kappa shape index (κ3) is 5.17. The Morgan fingerprint density at radius 2 is 1.76 bits per heavy atom. The Morgan fingerprint density at radius 1 is 1.06 bits per heavy atom. The smallest absolute Gasteiger partial charge is 0.243 e. The lowest BCUT2D eigenvalue weighted by Gasteiger charge is -2.26. The summed E-state index contributed by atoms with van der Waals surface area (Å²) in [5, 5.41) is 7.98. The van der Waals surface area contributed by atoms with E-state index in [0.29, 0.717) is 43.1 Å². The number of thioether (sulfide) groups is 1. The van der Waals surface area contributed by atoms with Crippen molar-refractivity contribution in [3.63, 3.8) is 0 Å². The molecule has 9 nitrogen and oxygen atoms in total. The summed E-state index contributed by atoms with van der Waals surface area (Å²) in [5.74, 6) is 1.30. The Hall–Kier alpha value is -2.73. The minimum absolute atomic E-state index is 0.150. The van der Waals surface area contributed by atoms with Gasteiger partial charge in [-0.1, -0.05) is 30.0 Å². The maximum atomic E-state index is 12.7. The van der Waals surface area contributed by atoms with Crippen molar-refractivity contribution in [1.29, 1.82) is 0 Å². The average molecular weight is 500 g/mol. The highest BCUT2D eigenvalue weighted by atomic mass is 32.2. The third-order valence-electron chi connectivity index (χ3n) is 5.63. The number of aromatic nitrogens is 3. The Kier molecular flexibility index (Phi) is 6.68. The van der Waals surface area contributed by atoms with Gasteiger partial charge in [-0.3, -0.25) is 4.79 Å². The van der Waals surface area contributed by atoms with Gasteiger partial charge in [0.2, 0.25) is 21.1 Å². The molecule has 0 atom stereocenters. The molecular formula is C23H25N5O4S2. The number of morpholine rings is 1. The summed E-state index contributed by atoms with van der Waals surface area (Å²) in [5.41, 5.74) is 1.49. The molecule has 2 aliphatic rings. The van der Waals surface area contributed by atoms with Crippen LogP contribution in [0.25, 0.3) is 5.69 Å². The van der Waals surface area contributed by atoms with Crippen LogP contribution in [0.5, 0.6) is 0 Å². The van der Waals surface area contributed by atoms with Gasteiger partial charge in [0.15, 0.2) is 0 Å². The van der Waals surface area contributed by atoms with Gasteiger partial charge in [0.05, 0.1) is 29.5 Å². The van der Waals surface area contributed by atoms with Crippen molar-refractivity contribution in [1.82, 2.24) is 19.1 Å². The first-order valence-electron chi connectivity index (χ1n) is 11.1. The number of nitrogens with zero attached hydrogens (tertiary/aromatic N) is 4. The number of hydrogen-bond donors (Lipinski definition) is 1. The van der Waals surface area contributed by atoms with Crippen LogP contribution >= 0.6 is 11.8 Å². The van der Waals surface area contributed by atoms with Crippen LogP contribution in [0.3, 0.4) is 0 Å². The molecule has 2 fully saturated rings. The number of amides is 1. The lowest BCUT2D eigenvalue weighted by molar-refractivity contribution is -0.113. The molecule has 1 N–H and O–H groups in total. The number of sulfonamides is 1. The van der Waals surface area contributed by atoms with Gasteiger partial charge in [0, 0.05) is 24.7 Å². The van der Waals surface area contributed by atoms with Crippen molar-refractivity contribution in [3.8, 4) is 5.69 Å². The van der Waals surface area contributed by atoms with Gasteiger partial charge >= 0.3 is 0 Å². The number of carbonyl (C=O) groups is 1. The number of carbonyl (C=O) groups excluding carboxylic acids is 1. The Labute approximate surface area is 202 Å². The fourth-order valence-electron chi connectivity index (χ4n) is 3.70. The number of anilines is 1. The number of ether oxygens (including phenoxy) is 1. The van der Waals surface area contributed by atoms with Crippen molar-refractivity contribution in [2.75, 3.05) is 37.4 Å². The lowest BCUT2D eigenvalue weighted by atomic mass is 10.3. The van der Waals surface area contributed by atoms with Crippen LogP contribution in [0, 0.1) is 0 Å². The van der Waals surface area contributed by atoms with Gasteiger partial charge in [-0.05, 0) is 49.2 Å². The number of rotatable bonds is 8. The zero-order chi connectivity index (χ0) is 23.5. The van der Waals surface area contributed by atoms with E-state index >= 15 is 0 Å². The Bertz CT molecular complexity index is 1250. The highest BCUT2D eigenvalue weighted by Gasteiger charge is 2.30. The van der Waals surface area contributed by atoms with E-state index in [1.54, 1.807) is 12.1 Å². The average Bonchev–Trinajstić information content (AvgIpc) is 3.63.